The van der Waals surface area contributed by atoms with Gasteiger partial charge in [0.1, 0.15) is 0 Å². The Kier molecular flexibility index (Phi) is 12.5. The maximum absolute atomic E-state index is 11.7. The molecule has 36 heavy (non-hydrogen) atoms. The summed E-state index contributed by atoms with van der Waals surface area (Å²) in [5, 5.41) is 10.7. The van der Waals surface area contributed by atoms with Crippen LogP contribution in [0.1, 0.15) is 90.5 Å². The van der Waals surface area contributed by atoms with Crippen molar-refractivity contribution >= 4 is 13.1 Å². The molecule has 5 atom stereocenters. The number of carbonyl (C=O) groups excluding carboxylic acids is 1. The van der Waals surface area contributed by atoms with Crippen molar-refractivity contribution in [1.82, 2.24) is 0 Å². The maximum atomic E-state index is 11.7. The minimum absolute atomic E-state index is 0.0491. The van der Waals surface area contributed by atoms with E-state index in [0.717, 1.165) is 70.5 Å². The first-order valence-electron chi connectivity index (χ1n) is 14.3. The molecule has 0 radical (unpaired) electrons. The van der Waals surface area contributed by atoms with E-state index in [2.05, 4.69) is 43.3 Å². The summed E-state index contributed by atoms with van der Waals surface area (Å²) >= 11 is 0. The van der Waals surface area contributed by atoms with Crippen LogP contribution in [-0.4, -0.2) is 42.6 Å². The molecule has 2 aliphatic rings. The summed E-state index contributed by atoms with van der Waals surface area (Å²) in [7, 11) is -0.0832. The van der Waals surface area contributed by atoms with E-state index in [9.17, 15) is 9.90 Å². The number of unbranched alkanes of at least 4 members (excludes halogenated alkanes) is 2. The van der Waals surface area contributed by atoms with E-state index < -0.39 is 0 Å². The Balaban J connectivity index is 1.49. The number of aliphatic hydroxyl groups is 1. The molecule has 1 N–H and O–H groups in total. The zero-order valence-corrected chi connectivity index (χ0v) is 22.6. The van der Waals surface area contributed by atoms with E-state index in [0.29, 0.717) is 18.3 Å². The quantitative estimate of drug-likeness (QED) is 0.121. The number of fused-ring (bicyclic) bond motifs is 2. The van der Waals surface area contributed by atoms with Gasteiger partial charge in [-0.3, -0.25) is 4.79 Å². The smallest absolute Gasteiger partial charge is 0.457 e. The van der Waals surface area contributed by atoms with E-state index in [1.165, 1.54) is 5.56 Å². The van der Waals surface area contributed by atoms with Crippen LogP contribution in [0.2, 0.25) is 6.32 Å². The van der Waals surface area contributed by atoms with Crippen molar-refractivity contribution in [3.63, 3.8) is 0 Å². The highest BCUT2D eigenvalue weighted by Crippen LogP contribution is 2.45. The van der Waals surface area contributed by atoms with E-state index in [-0.39, 0.29) is 37.5 Å². The van der Waals surface area contributed by atoms with Crippen LogP contribution in [0.4, 0.5) is 0 Å². The molecule has 2 bridgehead atoms. The number of benzene rings is 1. The number of rotatable bonds is 16. The Hall–Kier alpha value is -1.63. The zero-order chi connectivity index (χ0) is 25.8. The second-order valence-electron chi connectivity index (χ2n) is 10.9. The van der Waals surface area contributed by atoms with Gasteiger partial charge in [-0.15, -0.1) is 0 Å². The van der Waals surface area contributed by atoms with E-state index >= 15 is 0 Å². The molecule has 1 aliphatic heterocycles. The molecule has 1 aromatic carbocycles. The van der Waals surface area contributed by atoms with Crippen LogP contribution in [0.5, 0.6) is 0 Å². The number of allylic oxidation sites excluding steroid dienone is 2. The first-order chi connectivity index (χ1) is 17.5. The average Bonchev–Trinajstić information content (AvgIpc) is 3.10. The summed E-state index contributed by atoms with van der Waals surface area (Å²) in [6.07, 6.45) is 15.4. The van der Waals surface area contributed by atoms with Crippen LogP contribution >= 0.6 is 0 Å². The molecule has 5 nitrogen and oxygen atoms in total. The largest absolute Gasteiger partial charge is 0.463 e. The van der Waals surface area contributed by atoms with Gasteiger partial charge >= 0.3 is 13.1 Å². The van der Waals surface area contributed by atoms with E-state index in [1.807, 2.05) is 19.9 Å². The molecule has 1 saturated carbocycles. The third kappa shape index (κ3) is 9.68. The second-order valence-corrected chi connectivity index (χ2v) is 10.9. The maximum Gasteiger partial charge on any atom is 0.457 e. The van der Waals surface area contributed by atoms with E-state index in [4.69, 9.17) is 14.0 Å². The Bertz CT molecular complexity index is 783. The minimum Gasteiger partial charge on any atom is -0.463 e. The molecule has 0 spiro atoms. The molecule has 1 unspecified atom stereocenters. The van der Waals surface area contributed by atoms with Gasteiger partial charge in [-0.2, -0.15) is 0 Å². The molecule has 1 heterocycles. The lowest BCUT2D eigenvalue weighted by Gasteiger charge is -2.28. The van der Waals surface area contributed by atoms with Gasteiger partial charge in [-0.05, 0) is 88.9 Å². The monoisotopic (exact) mass is 498 g/mol. The average molecular weight is 499 g/mol. The van der Waals surface area contributed by atoms with Gasteiger partial charge in [0, 0.05) is 18.6 Å². The predicted octanol–water partition coefficient (Wildman–Crippen LogP) is 6.54. The van der Waals surface area contributed by atoms with Crippen molar-refractivity contribution in [2.45, 2.75) is 122 Å². The number of hydrogen-bond acceptors (Lipinski definition) is 5. The van der Waals surface area contributed by atoms with Crippen molar-refractivity contribution in [3.05, 3.63) is 48.0 Å². The molecule has 3 rings (SSSR count). The second kappa shape index (κ2) is 15.6. The zero-order valence-electron chi connectivity index (χ0n) is 22.6. The Morgan fingerprint density at radius 2 is 1.86 bits per heavy atom. The first-order valence-corrected chi connectivity index (χ1v) is 14.3. The molecular weight excluding hydrogens is 451 g/mol. The van der Waals surface area contributed by atoms with Crippen LogP contribution in [0, 0.1) is 11.8 Å². The van der Waals surface area contributed by atoms with Gasteiger partial charge in [0.05, 0.1) is 12.2 Å². The summed E-state index contributed by atoms with van der Waals surface area (Å²) in [4.78, 5) is 11.7. The van der Waals surface area contributed by atoms with E-state index in [1.54, 1.807) is 0 Å². The lowest BCUT2D eigenvalue weighted by Crippen LogP contribution is -2.37. The molecular formula is C30H47BO5. The van der Waals surface area contributed by atoms with Gasteiger partial charge in [-0.1, -0.05) is 62.2 Å². The standard InChI is InChI=1S/C30H47BO5/c1-4-5-21-31-35-28-22-29(36-31)27(20-19-25(32)18-17-24-13-9-8-10-14-24)26(28)15-11-6-7-12-16-30(33)34-23(2)3/h6,8-11,13-14,23,25-29,32H,4-5,7,12,15-22H2,1-3H3/b11-6-/t25?,26-,27-,28-,29+/m1/s1. The van der Waals surface area contributed by atoms with Crippen molar-refractivity contribution in [2.24, 2.45) is 11.8 Å². The van der Waals surface area contributed by atoms with Gasteiger partial charge < -0.3 is 19.2 Å². The molecule has 2 fully saturated rings. The Labute approximate surface area is 219 Å². The van der Waals surface area contributed by atoms with Gasteiger partial charge in [0.2, 0.25) is 0 Å². The summed E-state index contributed by atoms with van der Waals surface area (Å²) in [5.41, 5.74) is 1.28. The van der Waals surface area contributed by atoms with Crippen LogP contribution in [0.3, 0.4) is 0 Å². The third-order valence-electron chi connectivity index (χ3n) is 7.55. The third-order valence-corrected chi connectivity index (χ3v) is 7.55. The summed E-state index contributed by atoms with van der Waals surface area (Å²) < 4.78 is 18.0. The summed E-state index contributed by atoms with van der Waals surface area (Å²) in [5.74, 6) is 0.723. The van der Waals surface area contributed by atoms with Crippen molar-refractivity contribution < 1.29 is 23.9 Å². The fraction of sp³-hybridized carbons (Fsp3) is 0.700. The number of ether oxygens (including phenoxy) is 1. The van der Waals surface area contributed by atoms with Crippen LogP contribution in [0.25, 0.3) is 0 Å². The number of hydrogen-bond donors (Lipinski definition) is 1. The fourth-order valence-corrected chi connectivity index (χ4v) is 5.66. The molecule has 1 saturated heterocycles. The van der Waals surface area contributed by atoms with Gasteiger partial charge in [0.15, 0.2) is 0 Å². The Morgan fingerprint density at radius 3 is 2.58 bits per heavy atom. The van der Waals surface area contributed by atoms with Crippen molar-refractivity contribution in [2.75, 3.05) is 0 Å². The first kappa shape index (κ1) is 28.9. The predicted molar refractivity (Wildman–Crippen MR) is 146 cm³/mol. The topological polar surface area (TPSA) is 65.0 Å². The molecule has 0 amide bonds. The SMILES string of the molecule is CCCCB1O[C@H]2C[C@@H](O1)[C@H](C/C=C\CCCC(=O)OC(C)C)[C@H]2CCC(O)CCc1ccccc1. The molecule has 1 aliphatic carbocycles. The van der Waals surface area contributed by atoms with Crippen molar-refractivity contribution in [1.29, 1.82) is 0 Å². The highest BCUT2D eigenvalue weighted by Gasteiger charge is 2.49. The number of aliphatic hydroxyl groups excluding tert-OH is 1. The summed E-state index contributed by atoms with van der Waals surface area (Å²) in [6.45, 7) is 5.97. The fourth-order valence-electron chi connectivity index (χ4n) is 5.66. The lowest BCUT2D eigenvalue weighted by molar-refractivity contribution is -0.147. The number of aryl methyl sites for hydroxylation is 1. The van der Waals surface area contributed by atoms with Crippen LogP contribution < -0.4 is 0 Å². The van der Waals surface area contributed by atoms with Crippen LogP contribution in [0.15, 0.2) is 42.5 Å². The number of carbonyl (C=O) groups is 1. The molecule has 6 heteroatoms. The lowest BCUT2D eigenvalue weighted by atomic mass is 9.80. The van der Waals surface area contributed by atoms with Gasteiger partial charge in [0.25, 0.3) is 0 Å². The molecule has 0 aromatic heterocycles. The highest BCUT2D eigenvalue weighted by molar-refractivity contribution is 6.44. The van der Waals surface area contributed by atoms with Crippen molar-refractivity contribution in [3.8, 4) is 0 Å². The summed E-state index contributed by atoms with van der Waals surface area (Å²) in [6, 6.07) is 10.4. The van der Waals surface area contributed by atoms with Gasteiger partial charge in [-0.25, -0.2) is 0 Å². The molecule has 200 valence electrons. The number of esters is 1. The minimum atomic E-state index is -0.288. The van der Waals surface area contributed by atoms with Crippen LogP contribution in [-0.2, 0) is 25.3 Å². The highest BCUT2D eigenvalue weighted by atomic mass is 16.6. The molecule has 1 aromatic rings. The normalized spacial score (nSPS) is 24.5. The Morgan fingerprint density at radius 1 is 1.11 bits per heavy atom.